The number of phenols is 1. The molecule has 0 amide bonds. The summed E-state index contributed by atoms with van der Waals surface area (Å²) in [6.45, 7) is 6.51. The Morgan fingerprint density at radius 3 is 2.17 bits per heavy atom. The number of halogens is 9. The SMILES string of the molecule is C=C1[C@H](O)CC2C3C(CC[C@]12C)c1ccc(O)cc1C[C@H]3CCCCCCCCC[S+]([O-])CCC(F)(F)C(F)(F)C(F)(F)C(F)(F)F. The van der Waals surface area contributed by atoms with Crippen LogP contribution in [-0.2, 0) is 17.6 Å². The second-order valence-corrected chi connectivity index (χ2v) is 15.8. The number of aromatic hydroxyl groups is 1. The van der Waals surface area contributed by atoms with E-state index < -0.39 is 53.4 Å². The second kappa shape index (κ2) is 14.3. The monoisotopic (exact) mass is 704 g/mol. The van der Waals surface area contributed by atoms with Gasteiger partial charge in [-0.1, -0.05) is 62.8 Å². The zero-order valence-corrected chi connectivity index (χ0v) is 27.4. The van der Waals surface area contributed by atoms with Crippen LogP contribution >= 0.6 is 0 Å². The normalized spacial score (nSPS) is 28.9. The van der Waals surface area contributed by atoms with Crippen molar-refractivity contribution in [3.8, 4) is 5.75 Å². The minimum absolute atomic E-state index is 0.0787. The average Bonchev–Trinajstić information content (AvgIpc) is 3.21. The van der Waals surface area contributed by atoms with Gasteiger partial charge < -0.3 is 14.8 Å². The van der Waals surface area contributed by atoms with Crippen molar-refractivity contribution in [3.63, 3.8) is 0 Å². The molecule has 0 spiro atoms. The number of hydrogen-bond acceptors (Lipinski definition) is 3. The number of fused-ring (bicyclic) bond motifs is 5. The summed E-state index contributed by atoms with van der Waals surface area (Å²) in [5.74, 6) is -18.7. The molecule has 3 aliphatic rings. The Labute approximate surface area is 273 Å². The number of unbranched alkanes of at least 4 members (excludes halogenated alkanes) is 6. The van der Waals surface area contributed by atoms with Crippen LogP contribution in [0.4, 0.5) is 39.5 Å². The molecule has 0 bridgehead atoms. The quantitative estimate of drug-likeness (QED) is 0.0828. The first-order valence-electron chi connectivity index (χ1n) is 16.5. The van der Waals surface area contributed by atoms with E-state index in [-0.39, 0.29) is 16.9 Å². The number of rotatable bonds is 15. The smallest absolute Gasteiger partial charge is 0.460 e. The molecular weight excluding hydrogens is 659 g/mol. The third-order valence-corrected chi connectivity index (χ3v) is 12.6. The summed E-state index contributed by atoms with van der Waals surface area (Å²) in [6, 6.07) is 5.70. The van der Waals surface area contributed by atoms with Gasteiger partial charge in [0, 0.05) is 0 Å². The first kappa shape index (κ1) is 38.2. The topological polar surface area (TPSA) is 63.5 Å². The molecule has 7 atom stereocenters. The summed E-state index contributed by atoms with van der Waals surface area (Å²) >= 11 is -2.07. The Morgan fingerprint density at radius 2 is 1.53 bits per heavy atom. The lowest BCUT2D eigenvalue weighted by Crippen LogP contribution is -2.61. The lowest BCUT2D eigenvalue weighted by molar-refractivity contribution is -0.396. The average molecular weight is 705 g/mol. The number of alkyl halides is 9. The Balaban J connectivity index is 1.18. The van der Waals surface area contributed by atoms with E-state index in [0.717, 1.165) is 69.8 Å². The fraction of sp³-hybridized carbons (Fsp3) is 0.765. The van der Waals surface area contributed by atoms with Crippen LogP contribution in [0.3, 0.4) is 0 Å². The van der Waals surface area contributed by atoms with Crippen LogP contribution in [0.5, 0.6) is 5.75 Å². The number of hydrogen-bond donors (Lipinski definition) is 2. The van der Waals surface area contributed by atoms with E-state index in [1.807, 2.05) is 6.07 Å². The molecule has 13 heteroatoms. The number of aliphatic hydroxyl groups excluding tert-OH is 1. The first-order chi connectivity index (χ1) is 21.7. The van der Waals surface area contributed by atoms with Crippen molar-refractivity contribution < 1.29 is 54.3 Å². The summed E-state index contributed by atoms with van der Waals surface area (Å²) in [7, 11) is 0. The highest BCUT2D eigenvalue weighted by molar-refractivity contribution is 7.91. The van der Waals surface area contributed by atoms with Crippen molar-refractivity contribution in [1.82, 2.24) is 0 Å². The van der Waals surface area contributed by atoms with E-state index in [1.165, 1.54) is 11.1 Å². The van der Waals surface area contributed by atoms with E-state index in [0.29, 0.717) is 36.5 Å². The number of aliphatic hydroxyl groups is 1. The summed E-state index contributed by atoms with van der Waals surface area (Å²) in [5.41, 5.74) is 3.38. The van der Waals surface area contributed by atoms with E-state index in [1.54, 1.807) is 6.07 Å². The molecule has 2 fully saturated rings. The first-order valence-corrected chi connectivity index (χ1v) is 18.0. The van der Waals surface area contributed by atoms with E-state index in [9.17, 15) is 54.3 Å². The van der Waals surface area contributed by atoms with Gasteiger partial charge in [-0.15, -0.1) is 0 Å². The Morgan fingerprint density at radius 1 is 0.915 bits per heavy atom. The van der Waals surface area contributed by atoms with Crippen molar-refractivity contribution in [2.75, 3.05) is 11.5 Å². The van der Waals surface area contributed by atoms with Crippen LogP contribution in [0.15, 0.2) is 30.4 Å². The van der Waals surface area contributed by atoms with E-state index >= 15 is 0 Å². The maximum absolute atomic E-state index is 13.7. The highest BCUT2D eigenvalue weighted by atomic mass is 32.2. The Hall–Kier alpha value is -1.60. The molecular formula is C34H45F9O3S. The molecule has 0 radical (unpaired) electrons. The molecule has 2 N–H and O–H groups in total. The molecule has 4 rings (SSSR count). The largest absolute Gasteiger partial charge is 0.616 e. The van der Waals surface area contributed by atoms with Crippen molar-refractivity contribution in [3.05, 3.63) is 41.5 Å². The van der Waals surface area contributed by atoms with Gasteiger partial charge >= 0.3 is 23.9 Å². The highest BCUT2D eigenvalue weighted by Gasteiger charge is 2.81. The van der Waals surface area contributed by atoms with Gasteiger partial charge in [0.25, 0.3) is 0 Å². The van der Waals surface area contributed by atoms with Crippen molar-refractivity contribution >= 4 is 11.2 Å². The maximum Gasteiger partial charge on any atom is 0.460 e. The molecule has 1 aromatic carbocycles. The summed E-state index contributed by atoms with van der Waals surface area (Å²) in [5, 5.41) is 20.9. The molecule has 268 valence electrons. The highest BCUT2D eigenvalue weighted by Crippen LogP contribution is 2.64. The predicted molar refractivity (Wildman–Crippen MR) is 162 cm³/mol. The molecule has 4 unspecified atom stereocenters. The van der Waals surface area contributed by atoms with Crippen molar-refractivity contribution in [2.45, 2.75) is 126 Å². The molecule has 0 aliphatic heterocycles. The molecule has 0 heterocycles. The van der Waals surface area contributed by atoms with Gasteiger partial charge in [0.1, 0.15) is 17.3 Å². The minimum atomic E-state index is -6.92. The van der Waals surface area contributed by atoms with Crippen molar-refractivity contribution in [1.29, 1.82) is 0 Å². The van der Waals surface area contributed by atoms with Gasteiger partial charge in [0.15, 0.2) is 0 Å². The summed E-state index contributed by atoms with van der Waals surface area (Å²) < 4.78 is 129. The van der Waals surface area contributed by atoms with Gasteiger partial charge in [-0.2, -0.15) is 39.5 Å². The zero-order chi connectivity index (χ0) is 35.0. The molecule has 0 aromatic heterocycles. The van der Waals surface area contributed by atoms with Crippen LogP contribution in [0.2, 0.25) is 0 Å². The zero-order valence-electron chi connectivity index (χ0n) is 26.5. The van der Waals surface area contributed by atoms with Crippen LogP contribution in [0.1, 0.15) is 101 Å². The maximum atomic E-state index is 13.7. The lowest BCUT2D eigenvalue weighted by Gasteiger charge is -2.52. The fourth-order valence-corrected chi connectivity index (χ4v) is 9.66. The molecule has 0 saturated heterocycles. The summed E-state index contributed by atoms with van der Waals surface area (Å²) in [4.78, 5) is 0. The van der Waals surface area contributed by atoms with Gasteiger partial charge in [-0.25, -0.2) is 0 Å². The Kier molecular flexibility index (Phi) is 11.6. The molecule has 47 heavy (non-hydrogen) atoms. The van der Waals surface area contributed by atoms with Crippen LogP contribution < -0.4 is 0 Å². The fourth-order valence-electron chi connectivity index (χ4n) is 8.44. The van der Waals surface area contributed by atoms with E-state index in [4.69, 9.17) is 0 Å². The molecule has 3 aliphatic carbocycles. The molecule has 2 saturated carbocycles. The van der Waals surface area contributed by atoms with Gasteiger partial charge in [-0.3, -0.25) is 0 Å². The van der Waals surface area contributed by atoms with Gasteiger partial charge in [0.05, 0.1) is 12.5 Å². The minimum Gasteiger partial charge on any atom is -0.616 e. The van der Waals surface area contributed by atoms with Crippen LogP contribution in [0.25, 0.3) is 0 Å². The van der Waals surface area contributed by atoms with Crippen molar-refractivity contribution in [2.24, 2.45) is 23.2 Å². The molecule has 1 aromatic rings. The van der Waals surface area contributed by atoms with Gasteiger partial charge in [0.2, 0.25) is 0 Å². The predicted octanol–water partition coefficient (Wildman–Crippen LogP) is 9.73. The third-order valence-electron chi connectivity index (χ3n) is 11.2. The van der Waals surface area contributed by atoms with Crippen LogP contribution in [-0.4, -0.2) is 56.3 Å². The van der Waals surface area contributed by atoms with Crippen LogP contribution in [0, 0.1) is 23.2 Å². The number of benzene rings is 1. The standard InChI is InChI=1S/C34H45F9O3S/c1-21-28(45)20-27-29-22(18-23-19-24(44)11-12-25(23)26(29)13-14-30(21,27)2)10-8-6-4-3-5-7-9-16-47(46)17-15-31(35,36)32(37,38)33(39,40)34(41,42)43/h11-12,19,22,26-29,44-45H,1,3-10,13-18,20H2,2H3/t22-,26?,27?,28-,29?,30-,47?/m1/s1. The Bertz CT molecular complexity index is 1240. The molecule has 3 nitrogen and oxygen atoms in total. The van der Waals surface area contributed by atoms with E-state index in [2.05, 4.69) is 19.6 Å². The number of phenolic OH excluding ortho intramolecular Hbond substituents is 1. The van der Waals surface area contributed by atoms with Gasteiger partial charge in [-0.05, 0) is 103 Å². The third kappa shape index (κ3) is 7.61. The lowest BCUT2D eigenvalue weighted by atomic mass is 9.52. The second-order valence-electron chi connectivity index (χ2n) is 14.1. The summed E-state index contributed by atoms with van der Waals surface area (Å²) in [6.07, 6.45) is 0.691.